The van der Waals surface area contributed by atoms with E-state index in [-0.39, 0.29) is 12.8 Å². The van der Waals surface area contributed by atoms with E-state index in [2.05, 4.69) is 5.92 Å². The summed E-state index contributed by atoms with van der Waals surface area (Å²) in [5, 5.41) is 0. The molecule has 0 aliphatic heterocycles. The first-order valence-corrected chi connectivity index (χ1v) is 5.68. The van der Waals surface area contributed by atoms with Gasteiger partial charge in [0.2, 0.25) is 0 Å². The summed E-state index contributed by atoms with van der Waals surface area (Å²) in [5.74, 6) is 1.07. The van der Waals surface area contributed by atoms with Crippen LogP contribution in [0.5, 0.6) is 0 Å². The van der Waals surface area contributed by atoms with E-state index in [0.717, 1.165) is 5.57 Å². The molecular formula is C14H20O4. The molecule has 0 aromatic rings. The SMILES string of the molecule is C#CCC(CCC=C(C)C)(C(=O)OC)C(=O)OC. The van der Waals surface area contributed by atoms with Gasteiger partial charge in [-0.1, -0.05) is 11.6 Å². The zero-order chi connectivity index (χ0) is 14.2. The van der Waals surface area contributed by atoms with Crippen LogP contribution < -0.4 is 0 Å². The van der Waals surface area contributed by atoms with Crippen LogP contribution in [-0.4, -0.2) is 26.2 Å². The van der Waals surface area contributed by atoms with Crippen LogP contribution in [0.1, 0.15) is 33.1 Å². The van der Waals surface area contributed by atoms with E-state index in [4.69, 9.17) is 15.9 Å². The van der Waals surface area contributed by atoms with Gasteiger partial charge in [-0.2, -0.15) is 0 Å². The molecule has 0 unspecified atom stereocenters. The lowest BCUT2D eigenvalue weighted by molar-refractivity contribution is -0.169. The molecule has 0 aromatic carbocycles. The van der Waals surface area contributed by atoms with Gasteiger partial charge in [-0.3, -0.25) is 9.59 Å². The molecule has 0 atom stereocenters. The third kappa shape index (κ3) is 3.92. The van der Waals surface area contributed by atoms with Crippen LogP contribution in [-0.2, 0) is 19.1 Å². The number of hydrogen-bond acceptors (Lipinski definition) is 4. The Balaban J connectivity index is 5.21. The van der Waals surface area contributed by atoms with Crippen molar-refractivity contribution < 1.29 is 19.1 Å². The van der Waals surface area contributed by atoms with Gasteiger partial charge < -0.3 is 9.47 Å². The van der Waals surface area contributed by atoms with E-state index in [1.165, 1.54) is 14.2 Å². The highest BCUT2D eigenvalue weighted by Gasteiger charge is 2.47. The Hall–Kier alpha value is -1.76. The zero-order valence-corrected chi connectivity index (χ0v) is 11.4. The van der Waals surface area contributed by atoms with Crippen molar-refractivity contribution in [2.24, 2.45) is 5.41 Å². The molecule has 18 heavy (non-hydrogen) atoms. The molecule has 0 aromatic heterocycles. The summed E-state index contributed by atoms with van der Waals surface area (Å²) in [6.07, 6.45) is 8.01. The normalized spacial score (nSPS) is 10.2. The topological polar surface area (TPSA) is 52.6 Å². The number of ether oxygens (including phenoxy) is 2. The predicted octanol–water partition coefficient (Wildman–Crippen LogP) is 2.09. The first kappa shape index (κ1) is 16.2. The fourth-order valence-electron chi connectivity index (χ4n) is 1.69. The molecule has 4 nitrogen and oxygen atoms in total. The monoisotopic (exact) mass is 252 g/mol. The van der Waals surface area contributed by atoms with Crippen LogP contribution in [0.4, 0.5) is 0 Å². The highest BCUT2D eigenvalue weighted by molar-refractivity contribution is 6.00. The summed E-state index contributed by atoms with van der Waals surface area (Å²) in [6, 6.07) is 0. The number of terminal acetylenes is 1. The van der Waals surface area contributed by atoms with E-state index in [9.17, 15) is 9.59 Å². The lowest BCUT2D eigenvalue weighted by Crippen LogP contribution is -2.41. The summed E-state index contributed by atoms with van der Waals surface area (Å²) >= 11 is 0. The minimum Gasteiger partial charge on any atom is -0.468 e. The van der Waals surface area contributed by atoms with E-state index in [1.807, 2.05) is 19.9 Å². The van der Waals surface area contributed by atoms with Crippen molar-refractivity contribution in [2.75, 3.05) is 14.2 Å². The minimum absolute atomic E-state index is 0.0249. The van der Waals surface area contributed by atoms with Crippen molar-refractivity contribution >= 4 is 11.9 Å². The zero-order valence-electron chi connectivity index (χ0n) is 11.4. The average molecular weight is 252 g/mol. The number of esters is 2. The van der Waals surface area contributed by atoms with Gasteiger partial charge in [-0.15, -0.1) is 12.3 Å². The first-order valence-electron chi connectivity index (χ1n) is 5.68. The maximum atomic E-state index is 11.9. The fourth-order valence-corrected chi connectivity index (χ4v) is 1.69. The quantitative estimate of drug-likeness (QED) is 0.314. The summed E-state index contributed by atoms with van der Waals surface area (Å²) in [5.41, 5.74) is -0.288. The molecule has 0 saturated carbocycles. The van der Waals surface area contributed by atoms with Crippen molar-refractivity contribution in [2.45, 2.75) is 33.1 Å². The number of hydrogen-bond donors (Lipinski definition) is 0. The molecule has 0 saturated heterocycles. The summed E-state index contributed by atoms with van der Waals surface area (Å²) in [7, 11) is 2.47. The Morgan fingerprint density at radius 1 is 1.22 bits per heavy atom. The Kier molecular flexibility index (Phi) is 6.81. The second-order valence-corrected chi connectivity index (χ2v) is 4.27. The molecule has 0 amide bonds. The molecule has 0 spiro atoms. The Labute approximate surface area is 108 Å². The van der Waals surface area contributed by atoms with Gasteiger partial charge in [-0.05, 0) is 26.7 Å². The van der Waals surface area contributed by atoms with Gasteiger partial charge in [0.05, 0.1) is 14.2 Å². The van der Waals surface area contributed by atoms with E-state index < -0.39 is 17.4 Å². The first-order chi connectivity index (χ1) is 8.44. The number of carbonyl (C=O) groups is 2. The van der Waals surface area contributed by atoms with Crippen LogP contribution in [0.3, 0.4) is 0 Å². The molecule has 0 N–H and O–H groups in total. The van der Waals surface area contributed by atoms with E-state index in [1.54, 1.807) is 0 Å². The Morgan fingerprint density at radius 3 is 2.06 bits per heavy atom. The van der Waals surface area contributed by atoms with Gasteiger partial charge in [0.1, 0.15) is 0 Å². The number of allylic oxidation sites excluding steroid dienone is 2. The van der Waals surface area contributed by atoms with E-state index >= 15 is 0 Å². The van der Waals surface area contributed by atoms with Crippen molar-refractivity contribution in [3.8, 4) is 12.3 Å². The van der Waals surface area contributed by atoms with Crippen LogP contribution >= 0.6 is 0 Å². The molecule has 0 heterocycles. The van der Waals surface area contributed by atoms with Crippen LogP contribution in [0.25, 0.3) is 0 Å². The van der Waals surface area contributed by atoms with Crippen molar-refractivity contribution in [1.82, 2.24) is 0 Å². The third-order valence-electron chi connectivity index (χ3n) is 2.68. The molecule has 0 aliphatic rings. The molecule has 0 aliphatic carbocycles. The standard InChI is InChI=1S/C14H20O4/c1-6-9-14(12(15)17-4,13(16)18-5)10-7-8-11(2)3/h1,8H,7,9-10H2,2-5H3. The summed E-state index contributed by atoms with van der Waals surface area (Å²) < 4.78 is 9.39. The number of rotatable bonds is 6. The number of methoxy groups -OCH3 is 2. The van der Waals surface area contributed by atoms with Crippen molar-refractivity contribution in [1.29, 1.82) is 0 Å². The lowest BCUT2D eigenvalue weighted by atomic mass is 9.80. The van der Waals surface area contributed by atoms with Crippen LogP contribution in [0.2, 0.25) is 0 Å². The average Bonchev–Trinajstić information content (AvgIpc) is 2.35. The highest BCUT2D eigenvalue weighted by atomic mass is 16.5. The Bertz CT molecular complexity index is 354. The van der Waals surface area contributed by atoms with Crippen LogP contribution in [0, 0.1) is 17.8 Å². The van der Waals surface area contributed by atoms with Gasteiger partial charge in [0.15, 0.2) is 5.41 Å². The summed E-state index contributed by atoms with van der Waals surface area (Å²) in [4.78, 5) is 23.7. The van der Waals surface area contributed by atoms with Gasteiger partial charge >= 0.3 is 11.9 Å². The molecule has 4 heteroatoms. The molecular weight excluding hydrogens is 232 g/mol. The van der Waals surface area contributed by atoms with Crippen molar-refractivity contribution in [3.63, 3.8) is 0 Å². The smallest absolute Gasteiger partial charge is 0.324 e. The maximum absolute atomic E-state index is 11.9. The summed E-state index contributed by atoms with van der Waals surface area (Å²) in [6.45, 7) is 3.89. The van der Waals surface area contributed by atoms with E-state index in [0.29, 0.717) is 6.42 Å². The molecule has 0 fully saturated rings. The second kappa shape index (κ2) is 7.54. The number of carbonyl (C=O) groups excluding carboxylic acids is 2. The van der Waals surface area contributed by atoms with Crippen LogP contribution in [0.15, 0.2) is 11.6 Å². The largest absolute Gasteiger partial charge is 0.468 e. The lowest BCUT2D eigenvalue weighted by Gasteiger charge is -2.25. The maximum Gasteiger partial charge on any atom is 0.324 e. The second-order valence-electron chi connectivity index (χ2n) is 4.27. The van der Waals surface area contributed by atoms with Crippen molar-refractivity contribution in [3.05, 3.63) is 11.6 Å². The Morgan fingerprint density at radius 2 is 1.72 bits per heavy atom. The van der Waals surface area contributed by atoms with Gasteiger partial charge in [-0.25, -0.2) is 0 Å². The highest BCUT2D eigenvalue weighted by Crippen LogP contribution is 2.31. The molecule has 0 radical (unpaired) electrons. The fraction of sp³-hybridized carbons (Fsp3) is 0.571. The minimum atomic E-state index is -1.40. The van der Waals surface area contributed by atoms with Gasteiger partial charge in [0.25, 0.3) is 0 Å². The predicted molar refractivity (Wildman–Crippen MR) is 68.6 cm³/mol. The third-order valence-corrected chi connectivity index (χ3v) is 2.68. The molecule has 100 valence electrons. The van der Waals surface area contributed by atoms with Gasteiger partial charge in [0, 0.05) is 6.42 Å². The molecule has 0 bridgehead atoms. The molecule has 0 rings (SSSR count).